The van der Waals surface area contributed by atoms with Gasteiger partial charge in [-0.25, -0.2) is 4.98 Å². The molecule has 0 saturated carbocycles. The summed E-state index contributed by atoms with van der Waals surface area (Å²) in [5, 5.41) is 3.29. The molecular weight excluding hydrogens is 288 g/mol. The van der Waals surface area contributed by atoms with Crippen LogP contribution in [0.3, 0.4) is 0 Å². The van der Waals surface area contributed by atoms with E-state index in [1.807, 2.05) is 24.3 Å². The van der Waals surface area contributed by atoms with E-state index >= 15 is 0 Å². The predicted molar refractivity (Wildman–Crippen MR) is 78.5 cm³/mol. The van der Waals surface area contributed by atoms with Crippen molar-refractivity contribution in [3.63, 3.8) is 0 Å². The van der Waals surface area contributed by atoms with Crippen LogP contribution in [0.2, 0.25) is 0 Å². The lowest BCUT2D eigenvalue weighted by Gasteiger charge is -2.15. The first-order valence-corrected chi connectivity index (χ1v) is 7.19. The van der Waals surface area contributed by atoms with Crippen molar-refractivity contribution in [2.45, 2.75) is 6.61 Å². The van der Waals surface area contributed by atoms with Crippen LogP contribution in [0.25, 0.3) is 11.3 Å². The molecule has 4 rings (SSSR count). The van der Waals surface area contributed by atoms with Crippen molar-refractivity contribution in [1.82, 2.24) is 4.98 Å². The summed E-state index contributed by atoms with van der Waals surface area (Å²) in [6.07, 6.45) is 1.46. The molecule has 1 aliphatic rings. The van der Waals surface area contributed by atoms with Gasteiger partial charge in [-0.05, 0) is 24.3 Å². The number of carbonyl (C=O) groups is 1. The summed E-state index contributed by atoms with van der Waals surface area (Å²) in [4.78, 5) is 17.5. The summed E-state index contributed by atoms with van der Waals surface area (Å²) in [5.74, 6) is 0.777. The molecule has 104 valence electrons. The maximum absolute atomic E-state index is 12.0. The number of nitrogens with zero attached hydrogens (tertiary/aromatic N) is 1. The average molecular weight is 298 g/mol. The van der Waals surface area contributed by atoms with Crippen LogP contribution in [0.5, 0.6) is 5.75 Å². The molecule has 5 nitrogen and oxygen atoms in total. The number of nitrogens with one attached hydrogen (secondary N) is 1. The van der Waals surface area contributed by atoms with Crippen LogP contribution < -0.4 is 10.1 Å². The molecule has 1 aromatic carbocycles. The van der Waals surface area contributed by atoms with E-state index in [1.54, 1.807) is 12.1 Å². The Kier molecular flexibility index (Phi) is 2.75. The fourth-order valence-electron chi connectivity index (χ4n) is 2.21. The molecule has 0 aliphatic carbocycles. The SMILES string of the molecule is O=C(Nc1nc2c(s1)COc1ccccc1-2)c1ccco1. The number of ether oxygens (including phenoxy) is 1. The third kappa shape index (κ3) is 2.09. The molecule has 1 N–H and O–H groups in total. The first-order chi connectivity index (χ1) is 10.3. The molecule has 6 heteroatoms. The number of rotatable bonds is 2. The topological polar surface area (TPSA) is 64.4 Å². The minimum Gasteiger partial charge on any atom is -0.487 e. The van der Waals surface area contributed by atoms with Crippen molar-refractivity contribution in [1.29, 1.82) is 0 Å². The van der Waals surface area contributed by atoms with E-state index in [1.165, 1.54) is 17.6 Å². The Morgan fingerprint density at radius 2 is 2.14 bits per heavy atom. The number of thiazole rings is 1. The molecule has 1 aliphatic heterocycles. The minimum atomic E-state index is -0.305. The second-order valence-corrected chi connectivity index (χ2v) is 5.59. The summed E-state index contributed by atoms with van der Waals surface area (Å²) >= 11 is 1.41. The largest absolute Gasteiger partial charge is 0.487 e. The number of hydrogen-bond acceptors (Lipinski definition) is 5. The number of anilines is 1. The molecule has 0 fully saturated rings. The molecule has 21 heavy (non-hydrogen) atoms. The van der Waals surface area contributed by atoms with E-state index in [-0.39, 0.29) is 11.7 Å². The monoisotopic (exact) mass is 298 g/mol. The van der Waals surface area contributed by atoms with Gasteiger partial charge in [0, 0.05) is 5.56 Å². The number of carbonyl (C=O) groups excluding carboxylic acids is 1. The number of para-hydroxylation sites is 1. The maximum atomic E-state index is 12.0. The molecule has 2 aromatic heterocycles. The van der Waals surface area contributed by atoms with Crippen molar-refractivity contribution in [2.75, 3.05) is 5.32 Å². The zero-order valence-electron chi connectivity index (χ0n) is 10.8. The zero-order valence-corrected chi connectivity index (χ0v) is 11.6. The van der Waals surface area contributed by atoms with Gasteiger partial charge >= 0.3 is 0 Å². The Morgan fingerprint density at radius 1 is 1.24 bits per heavy atom. The molecule has 3 heterocycles. The summed E-state index contributed by atoms with van der Waals surface area (Å²) in [6.45, 7) is 0.473. The first kappa shape index (κ1) is 12.2. The highest BCUT2D eigenvalue weighted by Crippen LogP contribution is 2.40. The molecule has 0 atom stereocenters. The van der Waals surface area contributed by atoms with Crippen molar-refractivity contribution in [2.24, 2.45) is 0 Å². The average Bonchev–Trinajstić information content (AvgIpc) is 3.16. The minimum absolute atomic E-state index is 0.264. The van der Waals surface area contributed by atoms with Gasteiger partial charge < -0.3 is 9.15 Å². The van der Waals surface area contributed by atoms with E-state index in [4.69, 9.17) is 9.15 Å². The lowest BCUT2D eigenvalue weighted by atomic mass is 10.1. The second-order valence-electron chi connectivity index (χ2n) is 4.51. The van der Waals surface area contributed by atoms with E-state index < -0.39 is 0 Å². The lowest BCUT2D eigenvalue weighted by molar-refractivity contribution is 0.0996. The number of benzene rings is 1. The molecule has 0 saturated heterocycles. The molecule has 0 bridgehead atoms. The Balaban J connectivity index is 1.66. The van der Waals surface area contributed by atoms with Crippen LogP contribution in [-0.2, 0) is 6.61 Å². The van der Waals surface area contributed by atoms with Crippen LogP contribution >= 0.6 is 11.3 Å². The number of aromatic nitrogens is 1. The second kappa shape index (κ2) is 4.75. The van der Waals surface area contributed by atoms with E-state index in [0.29, 0.717) is 11.7 Å². The van der Waals surface area contributed by atoms with Gasteiger partial charge in [-0.1, -0.05) is 23.5 Å². The smallest absolute Gasteiger partial charge is 0.293 e. The fraction of sp³-hybridized carbons (Fsp3) is 0.0667. The molecule has 0 radical (unpaired) electrons. The van der Waals surface area contributed by atoms with Gasteiger partial charge in [0.15, 0.2) is 10.9 Å². The van der Waals surface area contributed by atoms with Crippen LogP contribution in [-0.4, -0.2) is 10.9 Å². The van der Waals surface area contributed by atoms with Crippen molar-refractivity contribution >= 4 is 22.4 Å². The van der Waals surface area contributed by atoms with Crippen molar-refractivity contribution in [3.8, 4) is 17.0 Å². The maximum Gasteiger partial charge on any atom is 0.293 e. The van der Waals surface area contributed by atoms with Crippen LogP contribution in [0, 0.1) is 0 Å². The summed E-state index contributed by atoms with van der Waals surface area (Å²) in [7, 11) is 0. The Labute approximate surface area is 124 Å². The predicted octanol–water partition coefficient (Wildman–Crippen LogP) is 3.55. The first-order valence-electron chi connectivity index (χ1n) is 6.38. The van der Waals surface area contributed by atoms with Gasteiger partial charge in [0.05, 0.1) is 16.8 Å². The van der Waals surface area contributed by atoms with E-state index in [0.717, 1.165) is 21.9 Å². The summed E-state index contributed by atoms with van der Waals surface area (Å²) in [6, 6.07) is 11.0. The van der Waals surface area contributed by atoms with Gasteiger partial charge in [0.25, 0.3) is 5.91 Å². The van der Waals surface area contributed by atoms with Gasteiger partial charge in [-0.3, -0.25) is 10.1 Å². The van der Waals surface area contributed by atoms with Crippen molar-refractivity contribution in [3.05, 3.63) is 53.3 Å². The number of hydrogen-bond donors (Lipinski definition) is 1. The molecule has 0 unspecified atom stereocenters. The number of furan rings is 1. The quantitative estimate of drug-likeness (QED) is 0.786. The van der Waals surface area contributed by atoms with Crippen LogP contribution in [0.15, 0.2) is 47.1 Å². The number of fused-ring (bicyclic) bond motifs is 3. The zero-order chi connectivity index (χ0) is 14.2. The fourth-order valence-corrected chi connectivity index (χ4v) is 3.10. The normalized spacial score (nSPS) is 12.2. The van der Waals surface area contributed by atoms with Gasteiger partial charge in [0.1, 0.15) is 12.4 Å². The van der Waals surface area contributed by atoms with E-state index in [2.05, 4.69) is 10.3 Å². The standard InChI is InChI=1S/C15H10N2O3S/c18-14(11-6-3-7-19-11)17-15-16-13-9-4-1-2-5-10(9)20-8-12(13)21-15/h1-7H,8H2,(H,16,17,18). The van der Waals surface area contributed by atoms with Crippen LogP contribution in [0.1, 0.15) is 15.4 Å². The van der Waals surface area contributed by atoms with Gasteiger partial charge in [-0.15, -0.1) is 0 Å². The van der Waals surface area contributed by atoms with E-state index in [9.17, 15) is 4.79 Å². The lowest BCUT2D eigenvalue weighted by Crippen LogP contribution is -2.10. The Bertz CT molecular complexity index is 808. The third-order valence-electron chi connectivity index (χ3n) is 3.16. The number of amides is 1. The molecule has 1 amide bonds. The summed E-state index contributed by atoms with van der Waals surface area (Å²) in [5.41, 5.74) is 1.82. The highest BCUT2D eigenvalue weighted by Gasteiger charge is 2.22. The van der Waals surface area contributed by atoms with Gasteiger partial charge in [0.2, 0.25) is 0 Å². The molecule has 3 aromatic rings. The highest BCUT2D eigenvalue weighted by molar-refractivity contribution is 7.16. The highest BCUT2D eigenvalue weighted by atomic mass is 32.1. The Morgan fingerprint density at radius 3 is 3.00 bits per heavy atom. The Hall–Kier alpha value is -2.60. The third-order valence-corrected chi connectivity index (χ3v) is 4.11. The summed E-state index contributed by atoms with van der Waals surface area (Å²) < 4.78 is 10.7. The molecular formula is C15H10N2O3S. The van der Waals surface area contributed by atoms with Crippen LogP contribution in [0.4, 0.5) is 5.13 Å². The van der Waals surface area contributed by atoms with Gasteiger partial charge in [-0.2, -0.15) is 0 Å². The van der Waals surface area contributed by atoms with Crippen molar-refractivity contribution < 1.29 is 13.9 Å². The molecule has 0 spiro atoms.